The van der Waals surface area contributed by atoms with Crippen LogP contribution < -0.4 is 10.1 Å². The number of nitrogens with one attached hydrogen (secondary N) is 1. The molecule has 30 heavy (non-hydrogen) atoms. The van der Waals surface area contributed by atoms with E-state index in [1.807, 2.05) is 0 Å². The Hall–Kier alpha value is -1.81. The Morgan fingerprint density at radius 3 is 2.47 bits per heavy atom. The highest BCUT2D eigenvalue weighted by Crippen LogP contribution is 2.30. The predicted octanol–water partition coefficient (Wildman–Crippen LogP) is 4.64. The molecule has 0 fully saturated rings. The molecule has 1 amide bonds. The van der Waals surface area contributed by atoms with Crippen molar-refractivity contribution in [2.45, 2.75) is 30.6 Å². The van der Waals surface area contributed by atoms with Gasteiger partial charge in [-0.15, -0.1) is 11.8 Å². The summed E-state index contributed by atoms with van der Waals surface area (Å²) in [6, 6.07) is 8.73. The average Bonchev–Trinajstić information content (AvgIpc) is 2.71. The van der Waals surface area contributed by atoms with Crippen LogP contribution in [0.2, 0.25) is 5.02 Å². The van der Waals surface area contributed by atoms with Gasteiger partial charge in [-0.3, -0.25) is 4.79 Å². The van der Waals surface area contributed by atoms with Crippen molar-refractivity contribution in [3.8, 4) is 5.75 Å². The molecule has 0 unspecified atom stereocenters. The lowest BCUT2D eigenvalue weighted by Gasteiger charge is -2.21. The van der Waals surface area contributed by atoms with Crippen molar-refractivity contribution < 1.29 is 22.3 Å². The molecule has 0 heterocycles. The molecule has 0 saturated heterocycles. The van der Waals surface area contributed by atoms with Crippen molar-refractivity contribution in [2.24, 2.45) is 0 Å². The molecule has 2 rings (SSSR count). The van der Waals surface area contributed by atoms with E-state index in [4.69, 9.17) is 16.3 Å². The second-order valence-electron chi connectivity index (χ2n) is 6.10. The molecule has 0 saturated carbocycles. The van der Waals surface area contributed by atoms with Gasteiger partial charge in [0.05, 0.1) is 17.4 Å². The fourth-order valence-corrected chi connectivity index (χ4v) is 5.27. The van der Waals surface area contributed by atoms with Gasteiger partial charge in [0.1, 0.15) is 16.5 Å². The van der Waals surface area contributed by atoms with E-state index in [9.17, 15) is 17.6 Å². The predicted molar refractivity (Wildman–Crippen MR) is 118 cm³/mol. The largest absolute Gasteiger partial charge is 0.492 e. The molecule has 2 aromatic carbocycles. The lowest BCUT2D eigenvalue weighted by molar-refractivity contribution is -0.113. The highest BCUT2D eigenvalue weighted by molar-refractivity contribution is 8.00. The number of ether oxygens (including phenoxy) is 1. The summed E-state index contributed by atoms with van der Waals surface area (Å²) in [4.78, 5) is 13.0. The molecule has 0 radical (unpaired) electrons. The molecule has 6 nitrogen and oxygen atoms in total. The number of rotatable bonds is 10. The zero-order valence-electron chi connectivity index (χ0n) is 16.9. The van der Waals surface area contributed by atoms with Crippen LogP contribution in [0.1, 0.15) is 20.8 Å². The van der Waals surface area contributed by atoms with Crippen molar-refractivity contribution in [1.29, 1.82) is 0 Å². The number of benzene rings is 2. The van der Waals surface area contributed by atoms with Gasteiger partial charge in [-0.25, -0.2) is 12.8 Å². The van der Waals surface area contributed by atoms with Gasteiger partial charge in [0, 0.05) is 23.7 Å². The van der Waals surface area contributed by atoms with Crippen molar-refractivity contribution in [3.05, 3.63) is 47.2 Å². The number of hydrogen-bond acceptors (Lipinski definition) is 5. The van der Waals surface area contributed by atoms with Gasteiger partial charge in [0.15, 0.2) is 0 Å². The van der Waals surface area contributed by atoms with Crippen LogP contribution in [-0.2, 0) is 14.8 Å². The molecule has 0 aliphatic heterocycles. The molecule has 0 spiro atoms. The molecule has 10 heteroatoms. The molecule has 1 N–H and O–H groups in total. The van der Waals surface area contributed by atoms with E-state index in [0.717, 1.165) is 0 Å². The number of hydrogen-bond donors (Lipinski definition) is 1. The molecular weight excluding hydrogens is 451 g/mol. The molecule has 2 aromatic rings. The lowest BCUT2D eigenvalue weighted by Crippen LogP contribution is -2.31. The number of amides is 1. The number of anilines is 1. The molecular formula is C20H24ClFN2O4S2. The van der Waals surface area contributed by atoms with Crippen LogP contribution in [-0.4, -0.2) is 44.1 Å². The van der Waals surface area contributed by atoms with Crippen LogP contribution in [0.4, 0.5) is 10.1 Å². The number of thioether (sulfide) groups is 1. The third-order valence-electron chi connectivity index (χ3n) is 4.11. The Morgan fingerprint density at radius 2 is 1.87 bits per heavy atom. The molecule has 0 atom stereocenters. The van der Waals surface area contributed by atoms with Crippen molar-refractivity contribution in [1.82, 2.24) is 4.31 Å². The highest BCUT2D eigenvalue weighted by Gasteiger charge is 2.26. The Kier molecular flexibility index (Phi) is 8.96. The topological polar surface area (TPSA) is 75.7 Å². The zero-order valence-corrected chi connectivity index (χ0v) is 19.3. The van der Waals surface area contributed by atoms with E-state index < -0.39 is 15.8 Å². The fraction of sp³-hybridized carbons (Fsp3) is 0.350. The Morgan fingerprint density at radius 1 is 1.17 bits per heavy atom. The molecule has 164 valence electrons. The van der Waals surface area contributed by atoms with Crippen LogP contribution in [0.25, 0.3) is 0 Å². The second kappa shape index (κ2) is 11.0. The van der Waals surface area contributed by atoms with Gasteiger partial charge in [-0.05, 0) is 43.3 Å². The van der Waals surface area contributed by atoms with Crippen molar-refractivity contribution in [2.75, 3.05) is 30.8 Å². The highest BCUT2D eigenvalue weighted by atomic mass is 35.5. The minimum atomic E-state index is -3.77. The maximum atomic E-state index is 13.2. The Balaban J connectivity index is 2.19. The second-order valence-corrected chi connectivity index (χ2v) is 9.46. The first-order valence-electron chi connectivity index (χ1n) is 9.37. The van der Waals surface area contributed by atoms with Gasteiger partial charge in [0.25, 0.3) is 0 Å². The monoisotopic (exact) mass is 474 g/mol. The Bertz CT molecular complexity index is 998. The molecule has 0 aliphatic rings. The SMILES string of the molecule is CCOc1ccc(NC(=O)CSc2ccc(F)c(Cl)c2)cc1S(=O)(=O)N(CC)CC. The summed E-state index contributed by atoms with van der Waals surface area (Å²) in [6.45, 7) is 6.22. The minimum Gasteiger partial charge on any atom is -0.492 e. The summed E-state index contributed by atoms with van der Waals surface area (Å²) < 4.78 is 46.0. The van der Waals surface area contributed by atoms with Crippen molar-refractivity contribution >= 4 is 45.0 Å². The molecule has 0 aromatic heterocycles. The van der Waals surface area contributed by atoms with Gasteiger partial charge >= 0.3 is 0 Å². The van der Waals surface area contributed by atoms with Gasteiger partial charge in [-0.1, -0.05) is 25.4 Å². The quantitative estimate of drug-likeness (QED) is 0.508. The van der Waals surface area contributed by atoms with Gasteiger partial charge in [0.2, 0.25) is 15.9 Å². The average molecular weight is 475 g/mol. The summed E-state index contributed by atoms with van der Waals surface area (Å²) in [5, 5.41) is 2.67. The van der Waals surface area contributed by atoms with Crippen LogP contribution >= 0.6 is 23.4 Å². The standard InChI is InChI=1S/C20H24ClFN2O4S2/c1-4-24(5-2)30(26,27)19-11-14(7-10-18(19)28-6-3)23-20(25)13-29-15-8-9-17(22)16(21)12-15/h7-12H,4-6,13H2,1-3H3,(H,23,25). The molecule has 0 bridgehead atoms. The van der Waals surface area contributed by atoms with E-state index in [1.165, 1.54) is 46.4 Å². The number of halogens is 2. The number of carbonyl (C=O) groups excluding carboxylic acids is 1. The normalized spacial score (nSPS) is 11.5. The van der Waals surface area contributed by atoms with Crippen LogP contribution in [0.3, 0.4) is 0 Å². The zero-order chi connectivity index (χ0) is 22.3. The summed E-state index contributed by atoms with van der Waals surface area (Å²) in [6.07, 6.45) is 0. The first-order valence-corrected chi connectivity index (χ1v) is 12.2. The first kappa shape index (κ1) is 24.5. The number of carbonyl (C=O) groups is 1. The van der Waals surface area contributed by atoms with Crippen LogP contribution in [0.5, 0.6) is 5.75 Å². The van der Waals surface area contributed by atoms with Gasteiger partial charge in [-0.2, -0.15) is 4.31 Å². The van der Waals surface area contributed by atoms with Gasteiger partial charge < -0.3 is 10.1 Å². The van der Waals surface area contributed by atoms with E-state index in [-0.39, 0.29) is 27.3 Å². The fourth-order valence-electron chi connectivity index (χ4n) is 2.68. The summed E-state index contributed by atoms with van der Waals surface area (Å²) in [7, 11) is -3.77. The summed E-state index contributed by atoms with van der Waals surface area (Å²) >= 11 is 6.94. The maximum Gasteiger partial charge on any atom is 0.246 e. The lowest BCUT2D eigenvalue weighted by atomic mass is 10.3. The minimum absolute atomic E-state index is 0.00354. The summed E-state index contributed by atoms with van der Waals surface area (Å²) in [5.41, 5.74) is 0.340. The number of sulfonamides is 1. The smallest absolute Gasteiger partial charge is 0.246 e. The third kappa shape index (κ3) is 6.10. The molecule has 0 aliphatic carbocycles. The third-order valence-corrected chi connectivity index (χ3v) is 7.47. The first-order chi connectivity index (χ1) is 14.2. The van der Waals surface area contributed by atoms with E-state index in [2.05, 4.69) is 5.32 Å². The van der Waals surface area contributed by atoms with Crippen LogP contribution in [0.15, 0.2) is 46.2 Å². The number of nitrogens with zero attached hydrogens (tertiary/aromatic N) is 1. The van der Waals surface area contributed by atoms with E-state index in [1.54, 1.807) is 26.8 Å². The summed E-state index contributed by atoms with van der Waals surface area (Å²) in [5.74, 6) is -0.580. The van der Waals surface area contributed by atoms with E-state index in [0.29, 0.717) is 30.3 Å². The van der Waals surface area contributed by atoms with Crippen molar-refractivity contribution in [3.63, 3.8) is 0 Å². The van der Waals surface area contributed by atoms with Crippen LogP contribution in [0, 0.1) is 5.82 Å². The maximum absolute atomic E-state index is 13.2. The van der Waals surface area contributed by atoms with E-state index >= 15 is 0 Å². The Labute approximate surface area is 185 Å².